The van der Waals surface area contributed by atoms with E-state index >= 15 is 0 Å². The molecule has 27 heavy (non-hydrogen) atoms. The van der Waals surface area contributed by atoms with Gasteiger partial charge in [0.25, 0.3) is 11.7 Å². The molecule has 3 aromatic rings. The van der Waals surface area contributed by atoms with Gasteiger partial charge < -0.3 is 9.64 Å². The molecule has 1 atom stereocenters. The van der Waals surface area contributed by atoms with Crippen LogP contribution in [0.2, 0.25) is 0 Å². The molecule has 7 nitrogen and oxygen atoms in total. The summed E-state index contributed by atoms with van der Waals surface area (Å²) in [6, 6.07) is 7.94. The molecule has 1 aliphatic heterocycles. The highest BCUT2D eigenvalue weighted by Gasteiger charge is 2.28. The Morgan fingerprint density at radius 2 is 2.07 bits per heavy atom. The first-order valence-corrected chi connectivity index (χ1v) is 8.90. The highest BCUT2D eigenvalue weighted by atomic mass is 19.1. The second kappa shape index (κ2) is 7.03. The van der Waals surface area contributed by atoms with Crippen LogP contribution in [-0.2, 0) is 4.74 Å². The molecule has 1 saturated heterocycles. The number of carbonyl (C=O) groups is 1. The fourth-order valence-electron chi connectivity index (χ4n) is 3.23. The topological polar surface area (TPSA) is 72.6 Å². The van der Waals surface area contributed by atoms with Crippen LogP contribution in [0.5, 0.6) is 0 Å². The average molecular weight is 369 g/mol. The van der Waals surface area contributed by atoms with Gasteiger partial charge in [0, 0.05) is 6.54 Å². The van der Waals surface area contributed by atoms with Crippen LogP contribution in [0.4, 0.5) is 4.39 Å². The summed E-state index contributed by atoms with van der Waals surface area (Å²) in [5, 5.41) is 4.18. The molecule has 0 aliphatic carbocycles. The summed E-state index contributed by atoms with van der Waals surface area (Å²) in [4.78, 5) is 23.3. The van der Waals surface area contributed by atoms with Gasteiger partial charge in [0.15, 0.2) is 0 Å². The summed E-state index contributed by atoms with van der Waals surface area (Å²) >= 11 is 0. The molecular formula is C19H20FN5O2. The van der Waals surface area contributed by atoms with E-state index in [1.54, 1.807) is 27.6 Å². The maximum Gasteiger partial charge on any atom is 0.272 e. The molecule has 0 radical (unpaired) electrons. The van der Waals surface area contributed by atoms with Gasteiger partial charge in [-0.3, -0.25) is 4.79 Å². The van der Waals surface area contributed by atoms with Crippen molar-refractivity contribution in [3.63, 3.8) is 0 Å². The lowest BCUT2D eigenvalue weighted by Gasteiger charge is -2.33. The fourth-order valence-corrected chi connectivity index (χ4v) is 3.23. The van der Waals surface area contributed by atoms with E-state index in [2.05, 4.69) is 15.1 Å². The normalized spacial score (nSPS) is 17.6. The Hall–Kier alpha value is -2.87. The molecule has 1 aliphatic rings. The SMILES string of the molecule is CC(C)c1cc(C(=O)N2CCO[C@@H](c3ccc(F)cc3)C2)nc2ncnn12. The minimum atomic E-state index is -0.297. The van der Waals surface area contributed by atoms with E-state index in [0.29, 0.717) is 31.2 Å². The number of aromatic nitrogens is 4. The minimum Gasteiger partial charge on any atom is -0.370 e. The molecule has 1 amide bonds. The van der Waals surface area contributed by atoms with Gasteiger partial charge in [-0.05, 0) is 29.7 Å². The molecule has 140 valence electrons. The van der Waals surface area contributed by atoms with E-state index in [1.165, 1.54) is 18.5 Å². The van der Waals surface area contributed by atoms with E-state index < -0.39 is 0 Å². The number of fused-ring (bicyclic) bond motifs is 1. The first-order chi connectivity index (χ1) is 13.0. The summed E-state index contributed by atoms with van der Waals surface area (Å²) in [6.45, 7) is 5.35. The molecule has 2 aromatic heterocycles. The largest absolute Gasteiger partial charge is 0.370 e. The lowest BCUT2D eigenvalue weighted by Crippen LogP contribution is -2.42. The van der Waals surface area contributed by atoms with Crippen LogP contribution >= 0.6 is 0 Å². The van der Waals surface area contributed by atoms with Gasteiger partial charge in [0.2, 0.25) is 0 Å². The number of carbonyl (C=O) groups excluding carboxylic acids is 1. The van der Waals surface area contributed by atoms with Crippen molar-refractivity contribution in [1.29, 1.82) is 0 Å². The van der Waals surface area contributed by atoms with Crippen LogP contribution in [0.15, 0.2) is 36.7 Å². The van der Waals surface area contributed by atoms with E-state index in [-0.39, 0.29) is 23.7 Å². The van der Waals surface area contributed by atoms with Gasteiger partial charge in [0.05, 0.1) is 18.8 Å². The lowest BCUT2D eigenvalue weighted by atomic mass is 10.1. The number of ether oxygens (including phenoxy) is 1. The smallest absolute Gasteiger partial charge is 0.272 e. The van der Waals surface area contributed by atoms with Gasteiger partial charge >= 0.3 is 0 Å². The number of nitrogens with zero attached hydrogens (tertiary/aromatic N) is 5. The van der Waals surface area contributed by atoms with Crippen molar-refractivity contribution in [2.75, 3.05) is 19.7 Å². The molecular weight excluding hydrogens is 349 g/mol. The molecule has 8 heteroatoms. The number of amides is 1. The highest BCUT2D eigenvalue weighted by molar-refractivity contribution is 5.93. The van der Waals surface area contributed by atoms with Crippen molar-refractivity contribution in [3.05, 3.63) is 59.4 Å². The Bertz CT molecular complexity index is 970. The van der Waals surface area contributed by atoms with Crippen molar-refractivity contribution >= 4 is 11.7 Å². The number of benzene rings is 1. The van der Waals surface area contributed by atoms with E-state index in [0.717, 1.165) is 11.3 Å². The van der Waals surface area contributed by atoms with Crippen LogP contribution in [0.3, 0.4) is 0 Å². The molecule has 0 unspecified atom stereocenters. The monoisotopic (exact) mass is 369 g/mol. The van der Waals surface area contributed by atoms with Gasteiger partial charge in [-0.1, -0.05) is 26.0 Å². The first-order valence-electron chi connectivity index (χ1n) is 8.90. The Morgan fingerprint density at radius 1 is 1.30 bits per heavy atom. The molecule has 0 spiro atoms. The fraction of sp³-hybridized carbons (Fsp3) is 0.368. The first kappa shape index (κ1) is 17.5. The number of morpholine rings is 1. The van der Waals surface area contributed by atoms with Gasteiger partial charge in [-0.2, -0.15) is 10.1 Å². The van der Waals surface area contributed by atoms with Crippen LogP contribution in [-0.4, -0.2) is 50.1 Å². The van der Waals surface area contributed by atoms with Gasteiger partial charge in [-0.25, -0.2) is 13.9 Å². The summed E-state index contributed by atoms with van der Waals surface area (Å²) < 4.78 is 20.6. The van der Waals surface area contributed by atoms with Gasteiger partial charge in [-0.15, -0.1) is 0 Å². The molecule has 1 aromatic carbocycles. The number of hydrogen-bond donors (Lipinski definition) is 0. The second-order valence-corrected chi connectivity index (χ2v) is 6.85. The number of halogens is 1. The zero-order chi connectivity index (χ0) is 19.0. The molecule has 0 bridgehead atoms. The third kappa shape index (κ3) is 3.40. The molecule has 4 rings (SSSR count). The number of hydrogen-bond acceptors (Lipinski definition) is 5. The molecule has 0 saturated carbocycles. The zero-order valence-electron chi connectivity index (χ0n) is 15.2. The summed E-state index contributed by atoms with van der Waals surface area (Å²) in [5.41, 5.74) is 2.07. The molecule has 0 N–H and O–H groups in total. The average Bonchev–Trinajstić information content (AvgIpc) is 3.15. The highest BCUT2D eigenvalue weighted by Crippen LogP contribution is 2.24. The third-order valence-electron chi connectivity index (χ3n) is 4.69. The summed E-state index contributed by atoms with van der Waals surface area (Å²) in [5.74, 6) is 0.112. The zero-order valence-corrected chi connectivity index (χ0v) is 15.2. The van der Waals surface area contributed by atoms with E-state index in [4.69, 9.17) is 4.74 Å². The Kier molecular flexibility index (Phi) is 4.57. The standard InChI is InChI=1S/C19H20FN5O2/c1-12(2)16-9-15(23-19-21-11-22-25(16)19)18(26)24-7-8-27-17(10-24)13-3-5-14(20)6-4-13/h3-6,9,11-12,17H,7-8,10H2,1-2H3/t17-/m1/s1. The van der Waals surface area contributed by atoms with E-state index in [9.17, 15) is 9.18 Å². The Balaban J connectivity index is 1.60. The van der Waals surface area contributed by atoms with Crippen molar-refractivity contribution in [1.82, 2.24) is 24.5 Å². The van der Waals surface area contributed by atoms with Crippen molar-refractivity contribution < 1.29 is 13.9 Å². The predicted molar refractivity (Wildman–Crippen MR) is 95.9 cm³/mol. The number of rotatable bonds is 3. The summed E-state index contributed by atoms with van der Waals surface area (Å²) in [6.07, 6.45) is 1.14. The van der Waals surface area contributed by atoms with Crippen LogP contribution in [0, 0.1) is 5.82 Å². The van der Waals surface area contributed by atoms with Crippen molar-refractivity contribution in [2.24, 2.45) is 0 Å². The lowest BCUT2D eigenvalue weighted by molar-refractivity contribution is -0.0230. The van der Waals surface area contributed by atoms with Crippen LogP contribution < -0.4 is 0 Å². The van der Waals surface area contributed by atoms with Crippen LogP contribution in [0.1, 0.15) is 47.6 Å². The van der Waals surface area contributed by atoms with Crippen LogP contribution in [0.25, 0.3) is 5.78 Å². The third-order valence-corrected chi connectivity index (χ3v) is 4.69. The molecule has 1 fully saturated rings. The molecule has 3 heterocycles. The second-order valence-electron chi connectivity index (χ2n) is 6.85. The Labute approximate surface area is 155 Å². The minimum absolute atomic E-state index is 0.167. The van der Waals surface area contributed by atoms with E-state index in [1.807, 2.05) is 13.8 Å². The quantitative estimate of drug-likeness (QED) is 0.710. The van der Waals surface area contributed by atoms with Gasteiger partial charge in [0.1, 0.15) is 23.9 Å². The van der Waals surface area contributed by atoms with Crippen molar-refractivity contribution in [2.45, 2.75) is 25.9 Å². The summed E-state index contributed by atoms with van der Waals surface area (Å²) in [7, 11) is 0. The maximum absolute atomic E-state index is 13.2. The Morgan fingerprint density at radius 3 is 2.81 bits per heavy atom. The predicted octanol–water partition coefficient (Wildman–Crippen LogP) is 2.60. The van der Waals surface area contributed by atoms with Crippen molar-refractivity contribution in [3.8, 4) is 0 Å². The maximum atomic E-state index is 13.2.